The maximum Gasteiger partial charge on any atom is 0.200 e. The molecule has 0 aliphatic carbocycles. The summed E-state index contributed by atoms with van der Waals surface area (Å²) in [5.74, 6) is -49.4. The fourth-order valence-corrected chi connectivity index (χ4v) is 10.1. The number of fused-ring (bicyclic) bond motifs is 8. The molecule has 8 bridgehead atoms. The molecule has 0 spiro atoms. The molecule has 3 aliphatic rings. The van der Waals surface area contributed by atoms with Gasteiger partial charge in [-0.2, -0.15) is 0 Å². The van der Waals surface area contributed by atoms with Gasteiger partial charge in [-0.1, -0.05) is 11.8 Å². The van der Waals surface area contributed by atoms with E-state index in [9.17, 15) is 33.6 Å². The first-order chi connectivity index (χ1) is 37.3. The fraction of sp³-hybridized carbons (Fsp3) is 0.120. The molecule has 9 nitrogen and oxygen atoms in total. The van der Waals surface area contributed by atoms with E-state index in [-0.39, 0.29) is 11.8 Å². The molecule has 6 N–H and O–H groups in total. The molecule has 3 aliphatic heterocycles. The van der Waals surface area contributed by atoms with E-state index in [1.54, 1.807) is 0 Å². The Labute approximate surface area is 429 Å². The van der Waals surface area contributed by atoms with Crippen molar-refractivity contribution in [3.63, 3.8) is 0 Å². The van der Waals surface area contributed by atoms with Crippen LogP contribution in [0, 0.1) is 111 Å². The van der Waals surface area contributed by atoms with Gasteiger partial charge < -0.3 is 35.1 Å². The van der Waals surface area contributed by atoms with Crippen molar-refractivity contribution >= 4 is 58.1 Å². The Bertz CT molecular complexity index is 3890. The number of hydrogen-bond acceptors (Lipinski definition) is 8. The van der Waals surface area contributed by atoms with Crippen LogP contribution in [0.25, 0.3) is 90.9 Å². The van der Waals surface area contributed by atoms with Gasteiger partial charge in [-0.05, 0) is 48.6 Å². The number of thioether (sulfide) groups is 1. The third kappa shape index (κ3) is 8.34. The van der Waals surface area contributed by atoms with Gasteiger partial charge in [-0.25, -0.2) is 93.4 Å². The Hall–Kier alpha value is -7.70. The molecule has 1 fully saturated rings. The number of aliphatic hydroxyl groups is 4. The lowest BCUT2D eigenvalue weighted by Crippen LogP contribution is -2.57. The minimum Gasteiger partial charge on any atom is -0.394 e. The van der Waals surface area contributed by atoms with Crippen LogP contribution in [0.5, 0.6) is 0 Å². The van der Waals surface area contributed by atoms with Gasteiger partial charge in [-0.3, -0.25) is 0 Å². The molecule has 10 rings (SSSR count). The number of aromatic amines is 2. The lowest BCUT2D eigenvalue weighted by Gasteiger charge is -2.39. The van der Waals surface area contributed by atoms with E-state index in [4.69, 9.17) is 4.74 Å². The second-order valence-corrected chi connectivity index (χ2v) is 18.2. The molecule has 0 radical (unpaired) electrons. The van der Waals surface area contributed by atoms with Gasteiger partial charge in [0, 0.05) is 44.3 Å². The van der Waals surface area contributed by atoms with Crippen LogP contribution in [0.3, 0.4) is 0 Å². The molecule has 79 heavy (non-hydrogen) atoms. The molecule has 6 heterocycles. The van der Waals surface area contributed by atoms with E-state index in [1.807, 2.05) is 0 Å². The summed E-state index contributed by atoms with van der Waals surface area (Å²) >= 11 is -0.330. The third-order valence-corrected chi connectivity index (χ3v) is 13.9. The number of halogens is 19. The highest BCUT2D eigenvalue weighted by Gasteiger charge is 2.45. The topological polar surface area (TPSA) is 148 Å². The number of aromatic nitrogens is 4. The predicted octanol–water partition coefficient (Wildman–Crippen LogP) is 11.9. The first kappa shape index (κ1) is 54.6. The largest absolute Gasteiger partial charge is 0.394 e. The quantitative estimate of drug-likeness (QED) is 0.0525. The van der Waals surface area contributed by atoms with Crippen molar-refractivity contribution in [2.45, 2.75) is 34.7 Å². The Kier molecular flexibility index (Phi) is 13.8. The van der Waals surface area contributed by atoms with Crippen molar-refractivity contribution in [1.29, 1.82) is 0 Å². The smallest absolute Gasteiger partial charge is 0.200 e. The first-order valence-corrected chi connectivity index (χ1v) is 22.8. The van der Waals surface area contributed by atoms with Crippen molar-refractivity contribution in [2.75, 3.05) is 6.61 Å². The molecule has 29 heteroatoms. The summed E-state index contributed by atoms with van der Waals surface area (Å²) in [6.45, 7) is -1.08. The summed E-state index contributed by atoms with van der Waals surface area (Å²) in [4.78, 5) is 10.9. The maximum absolute atomic E-state index is 16.9. The fourth-order valence-electron chi connectivity index (χ4n) is 8.95. The summed E-state index contributed by atoms with van der Waals surface area (Å²) in [6.07, 6.45) is -5.85. The van der Waals surface area contributed by atoms with Crippen molar-refractivity contribution in [3.8, 4) is 44.5 Å². The van der Waals surface area contributed by atoms with Crippen LogP contribution >= 0.6 is 11.8 Å². The minimum absolute atomic E-state index is 0.330. The lowest BCUT2D eigenvalue weighted by molar-refractivity contribution is -0.205. The highest BCUT2D eigenvalue weighted by Crippen LogP contribution is 2.46. The summed E-state index contributed by atoms with van der Waals surface area (Å²) in [7, 11) is 0. The summed E-state index contributed by atoms with van der Waals surface area (Å²) in [6, 6.07) is 2.50. The Morgan fingerprint density at radius 1 is 0.354 bits per heavy atom. The normalized spacial score (nSPS) is 18.1. The van der Waals surface area contributed by atoms with Crippen LogP contribution in [0.4, 0.5) is 83.4 Å². The number of hydrogen-bond donors (Lipinski definition) is 6. The van der Waals surface area contributed by atoms with Crippen LogP contribution in [0.2, 0.25) is 0 Å². The molecule has 4 aromatic carbocycles. The van der Waals surface area contributed by atoms with Crippen LogP contribution < -0.4 is 0 Å². The molecule has 410 valence electrons. The van der Waals surface area contributed by atoms with E-state index >= 15 is 70.2 Å². The SMILES string of the molecule is OC[C@H]1O[C@H](Sc2c(F)c(F)c(-c3c4nc(c(-c5c(F)c(F)c(F)c(F)c5F)c5ccc([nH]5)c(-c5c(F)c(F)c(F)c(F)c5F)c5nc(c(-c6c(F)c(F)c(F)c(F)c6F)c6ccc3[nH]6)C=C5)C=C4)c(F)c2F)[C@@H](O)[C@@H](O)[C@@H]1O. The van der Waals surface area contributed by atoms with Gasteiger partial charge in [0.05, 0.1) is 56.5 Å². The van der Waals surface area contributed by atoms with E-state index in [2.05, 4.69) is 19.9 Å². The van der Waals surface area contributed by atoms with Gasteiger partial charge in [-0.15, -0.1) is 0 Å². The third-order valence-electron chi connectivity index (χ3n) is 12.7. The number of rotatable bonds is 7. The Morgan fingerprint density at radius 2 is 0.608 bits per heavy atom. The predicted molar refractivity (Wildman–Crippen MR) is 239 cm³/mol. The molecule has 5 atom stereocenters. The first-order valence-electron chi connectivity index (χ1n) is 21.9. The van der Waals surface area contributed by atoms with E-state index in [0.717, 1.165) is 0 Å². The van der Waals surface area contributed by atoms with Gasteiger partial charge in [0.25, 0.3) is 0 Å². The average molecular weight is 1150 g/mol. The number of ether oxygens (including phenoxy) is 1. The Balaban J connectivity index is 1.40. The monoisotopic (exact) mass is 1150 g/mol. The number of H-pyrrole nitrogens is 2. The Morgan fingerprint density at radius 3 is 0.873 bits per heavy atom. The molecule has 0 saturated carbocycles. The highest BCUT2D eigenvalue weighted by molar-refractivity contribution is 7.99. The van der Waals surface area contributed by atoms with Gasteiger partial charge in [0.1, 0.15) is 29.9 Å². The van der Waals surface area contributed by atoms with Gasteiger partial charge >= 0.3 is 0 Å². The number of benzene rings is 4. The maximum atomic E-state index is 16.9. The zero-order valence-corrected chi connectivity index (χ0v) is 38.7. The van der Waals surface area contributed by atoms with Gasteiger partial charge in [0.15, 0.2) is 93.1 Å². The summed E-state index contributed by atoms with van der Waals surface area (Å²) in [5, 5.41) is 40.6. The second kappa shape index (κ2) is 19.9. The highest BCUT2D eigenvalue weighted by atomic mass is 32.2. The van der Waals surface area contributed by atoms with E-state index < -0.39 is 241 Å². The lowest BCUT2D eigenvalue weighted by atomic mass is 10.0. The molecule has 1 saturated heterocycles. The van der Waals surface area contributed by atoms with Crippen molar-refractivity contribution < 1.29 is 109 Å². The van der Waals surface area contributed by atoms with Crippen molar-refractivity contribution in [2.24, 2.45) is 0 Å². The van der Waals surface area contributed by atoms with Crippen LogP contribution in [0.15, 0.2) is 29.2 Å². The number of aliphatic hydroxyl groups excluding tert-OH is 4. The van der Waals surface area contributed by atoms with Gasteiger partial charge in [0.2, 0.25) is 17.5 Å². The summed E-state index contributed by atoms with van der Waals surface area (Å²) < 4.78 is 302. The van der Waals surface area contributed by atoms with Crippen LogP contribution in [0.1, 0.15) is 22.8 Å². The molecular weight excluding hydrogens is 1130 g/mol. The van der Waals surface area contributed by atoms with Crippen molar-refractivity contribution in [1.82, 2.24) is 19.9 Å². The molecule has 3 aromatic heterocycles. The molecule has 7 aromatic rings. The minimum atomic E-state index is -2.74. The molecular formula is C50H21F19N4O5S. The van der Waals surface area contributed by atoms with E-state index in [0.29, 0.717) is 48.6 Å². The standard InChI is InChI=1S/C50H21F19N4O5S/c51-27-23(28(52)36(60)41(65)35(27)59)19-10-1-3-12(70-10)20(24-29(53)37(61)42(66)38(62)30(24)54)14-5-7-16(72-14)22(26-33(57)44(68)49(45(69)34(26)58)79-50-48(77)47(76)46(75)18(9-74)78-50)17-8-6-15(73-17)21(13-4-2-11(19)71-13)25-31(55)39(63)43(67)40(64)32(25)56/h1-8,18,46-48,50,70,73-77H,9H2/t18-,46-,47+,48+,50-/m1/s1. The zero-order chi connectivity index (χ0) is 57.3. The number of nitrogens with one attached hydrogen (secondary N) is 2. The molecule has 0 unspecified atom stereocenters. The average Bonchev–Trinajstić information content (AvgIpc) is 4.37. The summed E-state index contributed by atoms with van der Waals surface area (Å²) in [5.41, 5.74) is -22.9. The van der Waals surface area contributed by atoms with Crippen LogP contribution in [-0.4, -0.2) is 76.8 Å². The second-order valence-electron chi connectivity index (χ2n) is 17.1. The van der Waals surface area contributed by atoms with E-state index in [1.165, 1.54) is 0 Å². The van der Waals surface area contributed by atoms with Crippen LogP contribution in [-0.2, 0) is 4.74 Å². The number of nitrogens with zero attached hydrogens (tertiary/aromatic N) is 2. The zero-order valence-electron chi connectivity index (χ0n) is 37.9. The molecule has 0 amide bonds. The van der Waals surface area contributed by atoms with Crippen molar-refractivity contribution in [3.05, 3.63) is 158 Å².